The standard InChI is InChI=1S/C18H22N4O5S2/c1-7-12-11(8(2)23)16(25)22(12)13(17(26)27)14(7)29-9-4-21(5-9)18-20-10(6-28-18)15(24)19-3/h6-9,11-12,23H,4-5H2,1-3H3,(H,19,24)(H,26,27)/t7-,8-,11-,12-/m1/s1. The van der Waals surface area contributed by atoms with Gasteiger partial charge in [-0.05, 0) is 6.92 Å². The van der Waals surface area contributed by atoms with Crippen molar-refractivity contribution in [2.45, 2.75) is 31.2 Å². The van der Waals surface area contributed by atoms with Gasteiger partial charge in [-0.3, -0.25) is 9.59 Å². The van der Waals surface area contributed by atoms with Crippen molar-refractivity contribution in [2.24, 2.45) is 11.8 Å². The van der Waals surface area contributed by atoms with E-state index >= 15 is 0 Å². The van der Waals surface area contributed by atoms with E-state index in [1.807, 2.05) is 11.8 Å². The van der Waals surface area contributed by atoms with E-state index in [0.29, 0.717) is 23.7 Å². The summed E-state index contributed by atoms with van der Waals surface area (Å²) in [6, 6.07) is -0.290. The number of hydrogen-bond acceptors (Lipinski definition) is 8. The number of β-lactam (4-membered cyclic amide) rings is 1. The van der Waals surface area contributed by atoms with Gasteiger partial charge in [-0.2, -0.15) is 0 Å². The lowest BCUT2D eigenvalue weighted by Gasteiger charge is -2.46. The third kappa shape index (κ3) is 3.11. The Bertz CT molecular complexity index is 908. The third-order valence-electron chi connectivity index (χ3n) is 5.68. The molecule has 9 nitrogen and oxygen atoms in total. The van der Waals surface area contributed by atoms with Gasteiger partial charge in [0.25, 0.3) is 5.91 Å². The summed E-state index contributed by atoms with van der Waals surface area (Å²) in [5, 5.41) is 24.8. The van der Waals surface area contributed by atoms with E-state index in [-0.39, 0.29) is 34.7 Å². The van der Waals surface area contributed by atoms with E-state index in [0.717, 1.165) is 5.13 Å². The number of amides is 2. The Morgan fingerprint density at radius 3 is 2.69 bits per heavy atom. The number of thioether (sulfide) groups is 1. The molecular weight excluding hydrogens is 416 g/mol. The molecule has 3 N–H and O–H groups in total. The lowest BCUT2D eigenvalue weighted by atomic mass is 9.79. The molecule has 0 spiro atoms. The van der Waals surface area contributed by atoms with Crippen molar-refractivity contribution in [2.75, 3.05) is 25.0 Å². The van der Waals surface area contributed by atoms with Gasteiger partial charge in [0.2, 0.25) is 5.91 Å². The smallest absolute Gasteiger partial charge is 0.353 e. The molecule has 156 valence electrons. The van der Waals surface area contributed by atoms with Crippen LogP contribution in [0.25, 0.3) is 0 Å². The molecule has 0 saturated carbocycles. The van der Waals surface area contributed by atoms with Crippen LogP contribution in [0.1, 0.15) is 24.3 Å². The number of fused-ring (bicyclic) bond motifs is 1. The molecular formula is C18H22N4O5S2. The van der Waals surface area contributed by atoms with Crippen LogP contribution in [-0.2, 0) is 9.59 Å². The summed E-state index contributed by atoms with van der Waals surface area (Å²) in [5.74, 6) is -2.32. The summed E-state index contributed by atoms with van der Waals surface area (Å²) in [6.07, 6.45) is -0.802. The molecule has 4 atom stereocenters. The first-order chi connectivity index (χ1) is 13.7. The molecule has 11 heteroatoms. The fourth-order valence-electron chi connectivity index (χ4n) is 4.17. The topological polar surface area (TPSA) is 123 Å². The number of nitrogens with zero attached hydrogens (tertiary/aromatic N) is 3. The van der Waals surface area contributed by atoms with Gasteiger partial charge in [-0.25, -0.2) is 9.78 Å². The van der Waals surface area contributed by atoms with Crippen LogP contribution in [0.4, 0.5) is 5.13 Å². The predicted octanol–water partition coefficient (Wildman–Crippen LogP) is 0.578. The second-order valence-electron chi connectivity index (χ2n) is 7.51. The van der Waals surface area contributed by atoms with Crippen molar-refractivity contribution in [3.8, 4) is 0 Å². The average Bonchev–Trinajstić information content (AvgIpc) is 3.19. The predicted molar refractivity (Wildman–Crippen MR) is 109 cm³/mol. The van der Waals surface area contributed by atoms with Crippen LogP contribution < -0.4 is 10.2 Å². The first kappa shape index (κ1) is 20.2. The van der Waals surface area contributed by atoms with Crippen LogP contribution in [0, 0.1) is 11.8 Å². The Hall–Kier alpha value is -2.11. The summed E-state index contributed by atoms with van der Waals surface area (Å²) >= 11 is 2.90. The lowest BCUT2D eigenvalue weighted by molar-refractivity contribution is -0.163. The van der Waals surface area contributed by atoms with Gasteiger partial charge in [0, 0.05) is 41.6 Å². The quantitative estimate of drug-likeness (QED) is 0.551. The minimum atomic E-state index is -1.11. The van der Waals surface area contributed by atoms with Crippen LogP contribution in [0.2, 0.25) is 0 Å². The average molecular weight is 439 g/mol. The molecule has 2 amide bonds. The van der Waals surface area contributed by atoms with Crippen molar-refractivity contribution >= 4 is 46.0 Å². The van der Waals surface area contributed by atoms with Gasteiger partial charge >= 0.3 is 5.97 Å². The number of hydrogen-bond donors (Lipinski definition) is 3. The highest BCUT2D eigenvalue weighted by atomic mass is 32.2. The maximum absolute atomic E-state index is 12.4. The van der Waals surface area contributed by atoms with E-state index in [9.17, 15) is 24.6 Å². The van der Waals surface area contributed by atoms with Crippen molar-refractivity contribution in [3.05, 3.63) is 21.7 Å². The molecule has 4 rings (SSSR count). The number of carbonyl (C=O) groups excluding carboxylic acids is 2. The molecule has 4 heterocycles. The summed E-state index contributed by atoms with van der Waals surface area (Å²) in [4.78, 5) is 44.3. The molecule has 1 aromatic rings. The fourth-order valence-corrected chi connectivity index (χ4v) is 6.51. The zero-order valence-corrected chi connectivity index (χ0v) is 17.8. The molecule has 0 aromatic carbocycles. The minimum absolute atomic E-state index is 0.0593. The number of aliphatic carboxylic acids is 1. The van der Waals surface area contributed by atoms with E-state index < -0.39 is 18.0 Å². The Balaban J connectivity index is 1.45. The Kier molecular flexibility index (Phi) is 5.07. The summed E-state index contributed by atoms with van der Waals surface area (Å²) < 4.78 is 0. The van der Waals surface area contributed by atoms with Gasteiger partial charge in [0.15, 0.2) is 5.13 Å². The molecule has 0 radical (unpaired) electrons. The summed E-state index contributed by atoms with van der Waals surface area (Å²) in [5.41, 5.74) is 0.444. The third-order valence-corrected chi connectivity index (χ3v) is 8.03. The fraction of sp³-hybridized carbons (Fsp3) is 0.556. The zero-order valence-electron chi connectivity index (χ0n) is 16.2. The van der Waals surface area contributed by atoms with Gasteiger partial charge in [-0.15, -0.1) is 23.1 Å². The van der Waals surface area contributed by atoms with Gasteiger partial charge < -0.3 is 25.3 Å². The Morgan fingerprint density at radius 1 is 1.41 bits per heavy atom. The summed E-state index contributed by atoms with van der Waals surface area (Å²) in [6.45, 7) is 4.87. The Labute approximate surface area is 175 Å². The van der Waals surface area contributed by atoms with Crippen molar-refractivity contribution in [1.82, 2.24) is 15.2 Å². The zero-order chi connectivity index (χ0) is 21.0. The SMILES string of the molecule is CNC(=O)c1csc(N2CC(SC3=C(C(=O)O)N4C(=O)[C@H]([C@@H](C)O)[C@H]4[C@H]3C)C2)n1. The number of rotatable bonds is 6. The molecule has 3 aliphatic rings. The van der Waals surface area contributed by atoms with Crippen LogP contribution >= 0.6 is 23.1 Å². The van der Waals surface area contributed by atoms with E-state index in [1.165, 1.54) is 28.0 Å². The number of aliphatic hydroxyl groups is 1. The second-order valence-corrected chi connectivity index (χ2v) is 9.69. The van der Waals surface area contributed by atoms with E-state index in [4.69, 9.17) is 0 Å². The van der Waals surface area contributed by atoms with Crippen LogP contribution in [0.3, 0.4) is 0 Å². The minimum Gasteiger partial charge on any atom is -0.477 e. The van der Waals surface area contributed by atoms with Crippen LogP contribution in [-0.4, -0.2) is 75.4 Å². The van der Waals surface area contributed by atoms with E-state index in [2.05, 4.69) is 10.3 Å². The Morgan fingerprint density at radius 2 is 2.10 bits per heavy atom. The monoisotopic (exact) mass is 438 g/mol. The molecule has 29 heavy (non-hydrogen) atoms. The number of aromatic nitrogens is 1. The maximum atomic E-state index is 12.4. The number of carboxylic acids is 1. The summed E-state index contributed by atoms with van der Waals surface area (Å²) in [7, 11) is 1.56. The number of carboxylic acid groups (broad SMARTS) is 1. The molecule has 3 aliphatic heterocycles. The number of carbonyl (C=O) groups is 3. The van der Waals surface area contributed by atoms with Crippen LogP contribution in [0.5, 0.6) is 0 Å². The van der Waals surface area contributed by atoms with Crippen molar-refractivity contribution in [1.29, 1.82) is 0 Å². The molecule has 2 fully saturated rings. The maximum Gasteiger partial charge on any atom is 0.353 e. The number of anilines is 1. The first-order valence-corrected chi connectivity index (χ1v) is 11.1. The van der Waals surface area contributed by atoms with Gasteiger partial charge in [0.05, 0.1) is 18.1 Å². The van der Waals surface area contributed by atoms with Gasteiger partial charge in [-0.1, -0.05) is 6.92 Å². The number of aliphatic hydroxyl groups excluding tert-OH is 1. The van der Waals surface area contributed by atoms with Gasteiger partial charge in [0.1, 0.15) is 11.4 Å². The molecule has 1 aromatic heterocycles. The second kappa shape index (κ2) is 7.29. The number of nitrogens with one attached hydrogen (secondary N) is 1. The highest BCUT2D eigenvalue weighted by Crippen LogP contribution is 2.52. The molecule has 0 unspecified atom stereocenters. The highest BCUT2D eigenvalue weighted by molar-refractivity contribution is 8.03. The first-order valence-electron chi connectivity index (χ1n) is 9.32. The molecule has 2 saturated heterocycles. The van der Waals surface area contributed by atoms with E-state index in [1.54, 1.807) is 19.4 Å². The largest absolute Gasteiger partial charge is 0.477 e. The van der Waals surface area contributed by atoms with Crippen molar-refractivity contribution in [3.63, 3.8) is 0 Å². The normalized spacial score (nSPS) is 27.4. The molecule has 0 bridgehead atoms. The lowest BCUT2D eigenvalue weighted by Crippen LogP contribution is -2.63. The number of thiazole rings is 1. The van der Waals surface area contributed by atoms with Crippen molar-refractivity contribution < 1.29 is 24.6 Å². The molecule has 0 aliphatic carbocycles. The van der Waals surface area contributed by atoms with Crippen LogP contribution in [0.15, 0.2) is 16.0 Å². The highest BCUT2D eigenvalue weighted by Gasteiger charge is 2.60.